The fraction of sp³-hybridized carbons (Fsp3) is 0.600. The molecule has 16 heavy (non-hydrogen) atoms. The minimum atomic E-state index is -4.03. The summed E-state index contributed by atoms with van der Waals surface area (Å²) in [6, 6.07) is 0. The van der Waals surface area contributed by atoms with Crippen LogP contribution in [0.5, 0.6) is 0 Å². The fourth-order valence-corrected chi connectivity index (χ4v) is 0.357. The van der Waals surface area contributed by atoms with Crippen LogP contribution in [0.15, 0.2) is 23.0 Å². The lowest BCUT2D eigenvalue weighted by Crippen LogP contribution is -1.97. The van der Waals surface area contributed by atoms with Crippen LogP contribution in [0, 0.1) is 0 Å². The lowest BCUT2D eigenvalue weighted by molar-refractivity contribution is 0.319. The van der Waals surface area contributed by atoms with E-state index in [0.29, 0.717) is 0 Å². The zero-order chi connectivity index (χ0) is 13.2. The average Bonchev–Trinajstić information content (AvgIpc) is 2.11. The van der Waals surface area contributed by atoms with Gasteiger partial charge in [-0.1, -0.05) is 6.08 Å². The second kappa shape index (κ2) is 8.44. The Morgan fingerprint density at radius 1 is 1.44 bits per heavy atom. The van der Waals surface area contributed by atoms with Crippen molar-refractivity contribution in [3.63, 3.8) is 0 Å². The predicted molar refractivity (Wildman–Crippen MR) is 57.9 cm³/mol. The smallest absolute Gasteiger partial charge is 0.286 e. The Kier molecular flexibility index (Phi) is 9.33. The van der Waals surface area contributed by atoms with Crippen LogP contribution < -0.4 is 0 Å². The van der Waals surface area contributed by atoms with Gasteiger partial charge >= 0.3 is 9.33 Å². The zero-order valence-corrected chi connectivity index (χ0v) is 10.7. The Labute approximate surface area is 98.3 Å². The standard InChI is InChI=1S/C3H5ClN2O3S.C2H6O3S/c1-2-3-5-6-9-10(4,7)8;1-2-6(3,4)5/h2H,1,3H2;2H2,1H3,(H,3,4,5). The van der Waals surface area contributed by atoms with E-state index in [-0.39, 0.29) is 12.3 Å². The van der Waals surface area contributed by atoms with Gasteiger partial charge in [0.25, 0.3) is 10.1 Å². The topological polar surface area (TPSA) is 122 Å². The van der Waals surface area contributed by atoms with Gasteiger partial charge in [-0.3, -0.25) is 4.55 Å². The van der Waals surface area contributed by atoms with Crippen LogP contribution in [0.2, 0.25) is 0 Å². The van der Waals surface area contributed by atoms with E-state index in [4.69, 9.17) is 4.55 Å². The molecule has 1 N–H and O–H groups in total. The van der Waals surface area contributed by atoms with Crippen molar-refractivity contribution >= 4 is 30.1 Å². The summed E-state index contributed by atoms with van der Waals surface area (Å²) in [5.41, 5.74) is 0. The number of rotatable bonds is 5. The zero-order valence-electron chi connectivity index (χ0n) is 8.28. The number of nitrogens with zero attached hydrogens (tertiary/aromatic N) is 2. The van der Waals surface area contributed by atoms with Crippen molar-refractivity contribution in [2.24, 2.45) is 10.4 Å². The lowest BCUT2D eigenvalue weighted by atomic mass is 10.7. The van der Waals surface area contributed by atoms with Crippen LogP contribution in [0.3, 0.4) is 0 Å². The van der Waals surface area contributed by atoms with Gasteiger partial charge in [-0.2, -0.15) is 16.8 Å². The molecule has 0 heterocycles. The van der Waals surface area contributed by atoms with Gasteiger partial charge in [-0.25, -0.2) is 4.28 Å². The maximum atomic E-state index is 9.96. The normalized spacial score (nSPS) is 11.7. The highest BCUT2D eigenvalue weighted by molar-refractivity contribution is 8.09. The van der Waals surface area contributed by atoms with E-state index in [2.05, 4.69) is 31.9 Å². The highest BCUT2D eigenvalue weighted by atomic mass is 35.7. The third-order valence-corrected chi connectivity index (χ3v) is 1.90. The molecule has 0 saturated heterocycles. The summed E-state index contributed by atoms with van der Waals surface area (Å²) in [7, 11) is -3.11. The van der Waals surface area contributed by atoms with Crippen molar-refractivity contribution < 1.29 is 25.7 Å². The maximum absolute atomic E-state index is 9.96. The quantitative estimate of drug-likeness (QED) is 0.264. The molecule has 8 nitrogen and oxygen atoms in total. The van der Waals surface area contributed by atoms with Gasteiger partial charge in [0.05, 0.1) is 23.0 Å². The summed E-state index contributed by atoms with van der Waals surface area (Å²) in [5, 5.41) is 5.96. The average molecular weight is 295 g/mol. The van der Waals surface area contributed by atoms with Gasteiger partial charge in [0.1, 0.15) is 0 Å². The van der Waals surface area contributed by atoms with E-state index in [1.54, 1.807) is 0 Å². The molecule has 0 fully saturated rings. The Morgan fingerprint density at radius 3 is 2.12 bits per heavy atom. The molecule has 11 heteroatoms. The molecular weight excluding hydrogens is 284 g/mol. The summed E-state index contributed by atoms with van der Waals surface area (Å²) >= 11 is 0. The van der Waals surface area contributed by atoms with Crippen molar-refractivity contribution in [1.82, 2.24) is 0 Å². The van der Waals surface area contributed by atoms with Crippen LogP contribution in [0.25, 0.3) is 0 Å². The maximum Gasteiger partial charge on any atom is 0.421 e. The van der Waals surface area contributed by atoms with E-state index in [1.165, 1.54) is 13.0 Å². The molecule has 0 bridgehead atoms. The minimum Gasteiger partial charge on any atom is -0.286 e. The van der Waals surface area contributed by atoms with Crippen molar-refractivity contribution in [2.45, 2.75) is 6.92 Å². The molecule has 0 saturated carbocycles. The summed E-state index contributed by atoms with van der Waals surface area (Å²) < 4.78 is 50.5. The Hall–Kier alpha value is -0.710. The first-order valence-electron chi connectivity index (χ1n) is 3.68. The molecule has 0 aromatic carbocycles. The highest BCUT2D eigenvalue weighted by Gasteiger charge is 2.01. The van der Waals surface area contributed by atoms with E-state index < -0.39 is 19.4 Å². The first-order valence-corrected chi connectivity index (χ1v) is 7.52. The van der Waals surface area contributed by atoms with Crippen LogP contribution in [0.1, 0.15) is 6.92 Å². The van der Waals surface area contributed by atoms with Crippen molar-refractivity contribution in [1.29, 1.82) is 0 Å². The van der Waals surface area contributed by atoms with Crippen LogP contribution in [0.4, 0.5) is 0 Å². The van der Waals surface area contributed by atoms with E-state index in [9.17, 15) is 16.8 Å². The first-order chi connectivity index (χ1) is 7.12. The second-order valence-corrected chi connectivity index (χ2v) is 5.84. The first kappa shape index (κ1) is 17.7. The molecule has 0 aromatic rings. The summed E-state index contributed by atoms with van der Waals surface area (Å²) in [6.07, 6.45) is 1.42. The number of halogens is 1. The third kappa shape index (κ3) is 23.3. The molecule has 0 amide bonds. The Bertz CT molecular complexity index is 414. The van der Waals surface area contributed by atoms with Crippen LogP contribution in [-0.4, -0.2) is 33.7 Å². The molecule has 0 atom stereocenters. The molecule has 0 aliphatic heterocycles. The molecule has 0 unspecified atom stereocenters. The van der Waals surface area contributed by atoms with Gasteiger partial charge in [0.2, 0.25) is 0 Å². The fourth-order valence-electron chi connectivity index (χ4n) is 0.154. The molecule has 0 aliphatic rings. The van der Waals surface area contributed by atoms with Crippen molar-refractivity contribution in [2.75, 3.05) is 12.3 Å². The van der Waals surface area contributed by atoms with E-state index >= 15 is 0 Å². The molecule has 0 spiro atoms. The molecule has 0 radical (unpaired) electrons. The monoisotopic (exact) mass is 294 g/mol. The minimum absolute atomic E-state index is 0.187. The molecule has 96 valence electrons. The molecule has 0 aliphatic carbocycles. The Balaban J connectivity index is 0. The highest BCUT2D eigenvalue weighted by Crippen LogP contribution is 1.98. The van der Waals surface area contributed by atoms with Crippen LogP contribution >= 0.6 is 10.7 Å². The molecule has 0 rings (SSSR count). The van der Waals surface area contributed by atoms with E-state index in [0.717, 1.165) is 0 Å². The van der Waals surface area contributed by atoms with Crippen molar-refractivity contribution in [3.05, 3.63) is 12.7 Å². The van der Waals surface area contributed by atoms with Gasteiger partial charge in [0.15, 0.2) is 0 Å². The SMILES string of the molecule is C=CCN=NOS(=O)(=O)Cl.CCS(=O)(=O)O. The van der Waals surface area contributed by atoms with Gasteiger partial charge in [-0.15, -0.1) is 11.7 Å². The van der Waals surface area contributed by atoms with Crippen molar-refractivity contribution in [3.8, 4) is 0 Å². The third-order valence-electron chi connectivity index (χ3n) is 0.756. The molecular formula is C5H11ClN2O6S2. The van der Waals surface area contributed by atoms with Gasteiger partial charge in [-0.05, 0) is 6.92 Å². The summed E-state index contributed by atoms with van der Waals surface area (Å²) in [5.74, 6) is -0.201. The Morgan fingerprint density at radius 2 is 1.88 bits per heavy atom. The van der Waals surface area contributed by atoms with Gasteiger partial charge < -0.3 is 0 Å². The van der Waals surface area contributed by atoms with Crippen LogP contribution in [-0.2, 0) is 23.7 Å². The summed E-state index contributed by atoms with van der Waals surface area (Å²) in [6.45, 7) is 4.86. The number of hydrogen-bond acceptors (Lipinski definition) is 7. The number of hydrogen-bond donors (Lipinski definition) is 1. The van der Waals surface area contributed by atoms with Gasteiger partial charge in [0, 0.05) is 5.28 Å². The lowest BCUT2D eigenvalue weighted by Gasteiger charge is -1.85. The predicted octanol–water partition coefficient (Wildman–Crippen LogP) is 0.934. The largest absolute Gasteiger partial charge is 0.421 e. The van der Waals surface area contributed by atoms with E-state index in [1.807, 2.05) is 0 Å². The molecule has 0 aromatic heterocycles. The summed E-state index contributed by atoms with van der Waals surface area (Å²) in [4.78, 5) is 0. The second-order valence-electron chi connectivity index (χ2n) is 2.03.